The predicted octanol–water partition coefficient (Wildman–Crippen LogP) is 1.68. The second kappa shape index (κ2) is 5.54. The molecule has 0 amide bonds. The standard InChI is InChI=1S/C11H10BrN5O/c1-7-10(14-11(18)17-15-7)16-13-6-8-4-2-3-5-9(8)12/h2-6H,1H3,(H2,14,16,17,18). The van der Waals surface area contributed by atoms with Crippen molar-refractivity contribution >= 4 is 28.0 Å². The van der Waals surface area contributed by atoms with Crippen LogP contribution in [0.25, 0.3) is 0 Å². The zero-order valence-electron chi connectivity index (χ0n) is 9.51. The summed E-state index contributed by atoms with van der Waals surface area (Å²) in [7, 11) is 0. The number of hydrogen-bond donors (Lipinski definition) is 2. The molecule has 0 aliphatic carbocycles. The van der Waals surface area contributed by atoms with Gasteiger partial charge in [-0.15, -0.1) is 0 Å². The summed E-state index contributed by atoms with van der Waals surface area (Å²) in [5.74, 6) is 0.335. The Hall–Kier alpha value is -2.02. The molecule has 2 rings (SSSR count). The van der Waals surface area contributed by atoms with Gasteiger partial charge in [0.1, 0.15) is 5.69 Å². The summed E-state index contributed by atoms with van der Waals surface area (Å²) in [4.78, 5) is 14.7. The molecule has 0 unspecified atom stereocenters. The van der Waals surface area contributed by atoms with Crippen LogP contribution in [0.4, 0.5) is 5.82 Å². The van der Waals surface area contributed by atoms with Gasteiger partial charge < -0.3 is 0 Å². The summed E-state index contributed by atoms with van der Waals surface area (Å²) in [5.41, 5.74) is 3.66. The first-order valence-electron chi connectivity index (χ1n) is 5.14. The minimum atomic E-state index is -0.515. The lowest BCUT2D eigenvalue weighted by molar-refractivity contribution is 0.879. The van der Waals surface area contributed by atoms with E-state index in [9.17, 15) is 4.79 Å². The summed E-state index contributed by atoms with van der Waals surface area (Å²) in [5, 5.41) is 10.0. The molecule has 1 aromatic heterocycles. The molecule has 0 saturated heterocycles. The number of hydrogen-bond acceptors (Lipinski definition) is 5. The van der Waals surface area contributed by atoms with Gasteiger partial charge in [0.25, 0.3) is 0 Å². The molecule has 2 N–H and O–H groups in total. The van der Waals surface area contributed by atoms with Crippen LogP contribution in [0.5, 0.6) is 0 Å². The predicted molar refractivity (Wildman–Crippen MR) is 72.7 cm³/mol. The number of aromatic amines is 1. The molecular weight excluding hydrogens is 298 g/mol. The maximum Gasteiger partial charge on any atom is 0.363 e. The summed E-state index contributed by atoms with van der Waals surface area (Å²) in [6.45, 7) is 1.72. The molecule has 0 saturated carbocycles. The van der Waals surface area contributed by atoms with E-state index in [4.69, 9.17) is 0 Å². The fourth-order valence-corrected chi connectivity index (χ4v) is 1.63. The van der Waals surface area contributed by atoms with E-state index in [2.05, 4.69) is 41.6 Å². The Labute approximate surface area is 111 Å². The van der Waals surface area contributed by atoms with Crippen molar-refractivity contribution in [3.63, 3.8) is 0 Å². The van der Waals surface area contributed by atoms with Gasteiger partial charge in [0.15, 0.2) is 5.82 Å². The van der Waals surface area contributed by atoms with Crippen LogP contribution in [0.2, 0.25) is 0 Å². The monoisotopic (exact) mass is 307 g/mol. The van der Waals surface area contributed by atoms with Gasteiger partial charge in [-0.1, -0.05) is 34.1 Å². The number of aryl methyl sites for hydroxylation is 1. The minimum Gasteiger partial charge on any atom is -0.260 e. The number of nitrogens with one attached hydrogen (secondary N) is 2. The number of halogens is 1. The Bertz CT molecular complexity index is 637. The van der Waals surface area contributed by atoms with E-state index in [1.165, 1.54) is 0 Å². The van der Waals surface area contributed by atoms with Gasteiger partial charge in [-0.25, -0.2) is 9.89 Å². The van der Waals surface area contributed by atoms with E-state index in [-0.39, 0.29) is 0 Å². The third-order valence-corrected chi connectivity index (χ3v) is 2.88. The van der Waals surface area contributed by atoms with Crippen LogP contribution in [-0.2, 0) is 0 Å². The molecule has 1 heterocycles. The van der Waals surface area contributed by atoms with E-state index in [0.717, 1.165) is 10.0 Å². The van der Waals surface area contributed by atoms with Gasteiger partial charge in [0.05, 0.1) is 6.21 Å². The van der Waals surface area contributed by atoms with E-state index >= 15 is 0 Å². The van der Waals surface area contributed by atoms with Gasteiger partial charge in [-0.2, -0.15) is 15.2 Å². The Kier molecular flexibility index (Phi) is 3.83. The SMILES string of the molecule is Cc1n[nH]c(=O)nc1NN=Cc1ccccc1Br. The van der Waals surface area contributed by atoms with Crippen LogP contribution in [0.15, 0.2) is 38.6 Å². The van der Waals surface area contributed by atoms with E-state index in [1.54, 1.807) is 13.1 Å². The van der Waals surface area contributed by atoms with Crippen molar-refractivity contribution in [2.24, 2.45) is 5.10 Å². The van der Waals surface area contributed by atoms with Gasteiger partial charge in [0.2, 0.25) is 0 Å². The van der Waals surface area contributed by atoms with Crippen molar-refractivity contribution in [3.05, 3.63) is 50.5 Å². The Morgan fingerprint density at radius 1 is 1.44 bits per heavy atom. The Balaban J connectivity index is 2.15. The molecule has 7 heteroatoms. The van der Waals surface area contributed by atoms with Crippen LogP contribution in [0.3, 0.4) is 0 Å². The fraction of sp³-hybridized carbons (Fsp3) is 0.0909. The molecule has 0 radical (unpaired) electrons. The molecule has 0 spiro atoms. The normalized spacial score (nSPS) is 10.8. The van der Waals surface area contributed by atoms with E-state index in [1.807, 2.05) is 24.3 Å². The van der Waals surface area contributed by atoms with Crippen molar-refractivity contribution in [1.82, 2.24) is 15.2 Å². The molecule has 6 nitrogen and oxygen atoms in total. The smallest absolute Gasteiger partial charge is 0.260 e. The second-order valence-corrected chi connectivity index (χ2v) is 4.32. The molecule has 0 aliphatic heterocycles. The third-order valence-electron chi connectivity index (χ3n) is 2.15. The second-order valence-electron chi connectivity index (χ2n) is 3.47. The van der Waals surface area contributed by atoms with Crippen LogP contribution in [-0.4, -0.2) is 21.4 Å². The lowest BCUT2D eigenvalue weighted by Gasteiger charge is -2.01. The molecule has 0 fully saturated rings. The average molecular weight is 308 g/mol. The number of rotatable bonds is 3. The van der Waals surface area contributed by atoms with Crippen LogP contribution in [0, 0.1) is 6.92 Å². The van der Waals surface area contributed by atoms with E-state index < -0.39 is 5.69 Å². The molecule has 1 aromatic carbocycles. The van der Waals surface area contributed by atoms with Gasteiger partial charge in [-0.05, 0) is 13.0 Å². The molecular formula is C11H10BrN5O. The lowest BCUT2D eigenvalue weighted by Crippen LogP contribution is -2.15. The van der Waals surface area contributed by atoms with Crippen LogP contribution in [0.1, 0.15) is 11.3 Å². The van der Waals surface area contributed by atoms with Crippen molar-refractivity contribution < 1.29 is 0 Å². The Morgan fingerprint density at radius 2 is 2.22 bits per heavy atom. The van der Waals surface area contributed by atoms with Crippen LogP contribution < -0.4 is 11.1 Å². The summed E-state index contributed by atoms with van der Waals surface area (Å²) < 4.78 is 0.935. The highest BCUT2D eigenvalue weighted by molar-refractivity contribution is 9.10. The zero-order chi connectivity index (χ0) is 13.0. The highest BCUT2D eigenvalue weighted by Gasteiger charge is 2.00. The molecule has 2 aromatic rings. The molecule has 18 heavy (non-hydrogen) atoms. The number of anilines is 1. The third kappa shape index (κ3) is 3.01. The number of aromatic nitrogens is 3. The number of hydrazone groups is 1. The van der Waals surface area contributed by atoms with Crippen LogP contribution >= 0.6 is 15.9 Å². The first-order valence-corrected chi connectivity index (χ1v) is 5.93. The highest BCUT2D eigenvalue weighted by Crippen LogP contribution is 2.13. The quantitative estimate of drug-likeness (QED) is 0.667. The summed E-state index contributed by atoms with van der Waals surface area (Å²) in [6.07, 6.45) is 1.63. The first-order chi connectivity index (χ1) is 8.66. The maximum absolute atomic E-state index is 11.0. The maximum atomic E-state index is 11.0. The van der Waals surface area contributed by atoms with Gasteiger partial charge >= 0.3 is 5.69 Å². The van der Waals surface area contributed by atoms with E-state index in [0.29, 0.717) is 11.5 Å². The largest absolute Gasteiger partial charge is 0.363 e. The zero-order valence-corrected chi connectivity index (χ0v) is 11.1. The summed E-state index contributed by atoms with van der Waals surface area (Å²) >= 11 is 3.41. The first kappa shape index (κ1) is 12.4. The minimum absolute atomic E-state index is 0.335. The van der Waals surface area contributed by atoms with Gasteiger partial charge in [-0.3, -0.25) is 5.43 Å². The topological polar surface area (TPSA) is 83.0 Å². The molecule has 0 atom stereocenters. The molecule has 92 valence electrons. The Morgan fingerprint density at radius 3 is 3.00 bits per heavy atom. The number of benzene rings is 1. The average Bonchev–Trinajstić information content (AvgIpc) is 2.36. The van der Waals surface area contributed by atoms with Crippen molar-refractivity contribution in [2.75, 3.05) is 5.43 Å². The fourth-order valence-electron chi connectivity index (χ4n) is 1.24. The number of nitrogens with zero attached hydrogens (tertiary/aromatic N) is 3. The lowest BCUT2D eigenvalue weighted by atomic mass is 10.2. The highest BCUT2D eigenvalue weighted by atomic mass is 79.9. The van der Waals surface area contributed by atoms with Gasteiger partial charge in [0, 0.05) is 10.0 Å². The summed E-state index contributed by atoms with van der Waals surface area (Å²) in [6, 6.07) is 7.65. The molecule has 0 bridgehead atoms. The van der Waals surface area contributed by atoms with Crippen molar-refractivity contribution in [2.45, 2.75) is 6.92 Å². The van der Waals surface area contributed by atoms with Crippen molar-refractivity contribution in [1.29, 1.82) is 0 Å². The van der Waals surface area contributed by atoms with Crippen molar-refractivity contribution in [3.8, 4) is 0 Å². The number of H-pyrrole nitrogens is 1. The molecule has 0 aliphatic rings.